The van der Waals surface area contributed by atoms with Gasteiger partial charge in [0.1, 0.15) is 11.0 Å². The van der Waals surface area contributed by atoms with Gasteiger partial charge in [-0.15, -0.1) is 0 Å². The standard InChI is InChI=1S/C11H12N4O3/c16-9-4-15(5-10(9)17)11(18)6-1-2-7-8(3-6)13-14-12-7/h1-3,9-10,16-17H,4-5H2,(H,12,13,14). The van der Waals surface area contributed by atoms with Crippen molar-refractivity contribution in [1.82, 2.24) is 20.3 Å². The van der Waals surface area contributed by atoms with Crippen LogP contribution in [-0.2, 0) is 0 Å². The number of benzene rings is 1. The first-order valence-electron chi connectivity index (χ1n) is 5.61. The van der Waals surface area contributed by atoms with E-state index in [1.54, 1.807) is 18.2 Å². The number of fused-ring (bicyclic) bond motifs is 1. The summed E-state index contributed by atoms with van der Waals surface area (Å²) in [5.74, 6) is -0.226. The number of β-amino-alcohol motifs (C(OH)–C–C–N with tert-alkyl or cyclic N) is 2. The van der Waals surface area contributed by atoms with E-state index in [1.165, 1.54) is 4.90 Å². The van der Waals surface area contributed by atoms with Crippen molar-refractivity contribution in [3.63, 3.8) is 0 Å². The number of aliphatic hydroxyl groups is 2. The minimum atomic E-state index is -0.871. The number of rotatable bonds is 1. The van der Waals surface area contributed by atoms with Crippen molar-refractivity contribution in [3.05, 3.63) is 23.8 Å². The van der Waals surface area contributed by atoms with Crippen LogP contribution in [0.25, 0.3) is 11.0 Å². The first-order chi connectivity index (χ1) is 8.65. The minimum Gasteiger partial charge on any atom is -0.388 e. The number of likely N-dealkylation sites (tertiary alicyclic amines) is 1. The van der Waals surface area contributed by atoms with Gasteiger partial charge in [0, 0.05) is 18.7 Å². The monoisotopic (exact) mass is 248 g/mol. The first-order valence-corrected chi connectivity index (χ1v) is 5.61. The molecule has 1 amide bonds. The van der Waals surface area contributed by atoms with E-state index in [0.29, 0.717) is 16.6 Å². The summed E-state index contributed by atoms with van der Waals surface area (Å²) in [7, 11) is 0. The van der Waals surface area contributed by atoms with Crippen LogP contribution in [0.3, 0.4) is 0 Å². The van der Waals surface area contributed by atoms with Gasteiger partial charge >= 0.3 is 0 Å². The van der Waals surface area contributed by atoms with Crippen LogP contribution in [0.15, 0.2) is 18.2 Å². The molecule has 1 fully saturated rings. The van der Waals surface area contributed by atoms with Crippen molar-refractivity contribution in [2.24, 2.45) is 0 Å². The van der Waals surface area contributed by atoms with E-state index in [-0.39, 0.29) is 19.0 Å². The minimum absolute atomic E-state index is 0.150. The molecule has 3 rings (SSSR count). The highest BCUT2D eigenvalue weighted by molar-refractivity contribution is 5.97. The maximum Gasteiger partial charge on any atom is 0.254 e. The smallest absolute Gasteiger partial charge is 0.254 e. The molecule has 2 aromatic rings. The zero-order valence-corrected chi connectivity index (χ0v) is 9.45. The number of nitrogens with zero attached hydrogens (tertiary/aromatic N) is 3. The average molecular weight is 248 g/mol. The zero-order valence-electron chi connectivity index (χ0n) is 9.45. The third kappa shape index (κ3) is 1.73. The molecule has 18 heavy (non-hydrogen) atoms. The summed E-state index contributed by atoms with van der Waals surface area (Å²) in [5, 5.41) is 29.2. The highest BCUT2D eigenvalue weighted by Gasteiger charge is 2.32. The van der Waals surface area contributed by atoms with Gasteiger partial charge in [-0.1, -0.05) is 0 Å². The van der Waals surface area contributed by atoms with Gasteiger partial charge in [-0.3, -0.25) is 4.79 Å². The number of aromatic nitrogens is 3. The topological polar surface area (TPSA) is 102 Å². The van der Waals surface area contributed by atoms with E-state index in [0.717, 1.165) is 0 Å². The SMILES string of the molecule is O=C(c1ccc2n[nH]nc2c1)N1CC(O)C(O)C1. The van der Waals surface area contributed by atoms with Crippen molar-refractivity contribution in [2.45, 2.75) is 12.2 Å². The highest BCUT2D eigenvalue weighted by atomic mass is 16.3. The zero-order chi connectivity index (χ0) is 12.7. The average Bonchev–Trinajstić information content (AvgIpc) is 2.95. The van der Waals surface area contributed by atoms with E-state index < -0.39 is 12.2 Å². The Kier molecular flexibility index (Phi) is 2.49. The van der Waals surface area contributed by atoms with Crippen molar-refractivity contribution in [1.29, 1.82) is 0 Å². The molecule has 0 aliphatic carbocycles. The molecule has 2 heterocycles. The summed E-state index contributed by atoms with van der Waals surface area (Å²) in [6.07, 6.45) is -1.74. The predicted octanol–water partition coefficient (Wildman–Crippen LogP) is -0.865. The third-order valence-corrected chi connectivity index (χ3v) is 3.11. The van der Waals surface area contributed by atoms with Crippen LogP contribution in [0.5, 0.6) is 0 Å². The van der Waals surface area contributed by atoms with Crippen LogP contribution in [0.2, 0.25) is 0 Å². The number of carbonyl (C=O) groups excluding carboxylic acids is 1. The van der Waals surface area contributed by atoms with Crippen molar-refractivity contribution in [2.75, 3.05) is 13.1 Å². The molecule has 0 radical (unpaired) electrons. The number of H-pyrrole nitrogens is 1. The Balaban J connectivity index is 1.87. The number of aromatic amines is 1. The third-order valence-electron chi connectivity index (χ3n) is 3.11. The first kappa shape index (κ1) is 11.1. The molecule has 94 valence electrons. The van der Waals surface area contributed by atoms with Crippen LogP contribution in [0.4, 0.5) is 0 Å². The van der Waals surface area contributed by atoms with Gasteiger partial charge in [-0.2, -0.15) is 15.4 Å². The van der Waals surface area contributed by atoms with Crippen molar-refractivity contribution >= 4 is 16.9 Å². The maximum atomic E-state index is 12.1. The molecule has 1 aliphatic rings. The Morgan fingerprint density at radius 1 is 1.22 bits per heavy atom. The second-order valence-electron chi connectivity index (χ2n) is 4.37. The van der Waals surface area contributed by atoms with Gasteiger partial charge in [0.05, 0.1) is 12.2 Å². The molecule has 7 heteroatoms. The molecule has 1 saturated heterocycles. The second-order valence-corrected chi connectivity index (χ2v) is 4.37. The largest absolute Gasteiger partial charge is 0.388 e. The van der Waals surface area contributed by atoms with Crippen molar-refractivity contribution in [3.8, 4) is 0 Å². The molecule has 0 spiro atoms. The molecule has 0 saturated carbocycles. The second kappa shape index (κ2) is 4.04. The van der Waals surface area contributed by atoms with Gasteiger partial charge in [-0.05, 0) is 18.2 Å². The van der Waals surface area contributed by atoms with E-state index in [1.807, 2.05) is 0 Å². The molecular weight excluding hydrogens is 236 g/mol. The molecular formula is C11H12N4O3. The lowest BCUT2D eigenvalue weighted by Gasteiger charge is -2.15. The molecule has 3 N–H and O–H groups in total. The van der Waals surface area contributed by atoms with Crippen LogP contribution in [0, 0.1) is 0 Å². The van der Waals surface area contributed by atoms with Gasteiger partial charge in [0.15, 0.2) is 0 Å². The number of nitrogens with one attached hydrogen (secondary N) is 1. The summed E-state index contributed by atoms with van der Waals surface area (Å²) in [6.45, 7) is 0.299. The Morgan fingerprint density at radius 2 is 1.89 bits per heavy atom. The Labute approximate surface area is 102 Å². The number of hydrogen-bond acceptors (Lipinski definition) is 5. The normalized spacial score (nSPS) is 23.8. The number of carbonyl (C=O) groups is 1. The van der Waals surface area contributed by atoms with E-state index in [9.17, 15) is 15.0 Å². The molecule has 0 bridgehead atoms. The van der Waals surface area contributed by atoms with E-state index >= 15 is 0 Å². The van der Waals surface area contributed by atoms with Gasteiger partial charge in [-0.25, -0.2) is 0 Å². The summed E-state index contributed by atoms with van der Waals surface area (Å²) < 4.78 is 0. The van der Waals surface area contributed by atoms with Crippen molar-refractivity contribution < 1.29 is 15.0 Å². The lowest BCUT2D eigenvalue weighted by Crippen LogP contribution is -2.29. The Hall–Kier alpha value is -1.99. The fourth-order valence-corrected chi connectivity index (χ4v) is 2.09. The quantitative estimate of drug-likeness (QED) is 0.609. The van der Waals surface area contributed by atoms with Gasteiger partial charge in [0.2, 0.25) is 0 Å². The number of hydrogen-bond donors (Lipinski definition) is 3. The lowest BCUT2D eigenvalue weighted by molar-refractivity contribution is 0.0572. The Morgan fingerprint density at radius 3 is 2.61 bits per heavy atom. The van der Waals surface area contributed by atoms with E-state index in [2.05, 4.69) is 15.4 Å². The predicted molar refractivity (Wildman–Crippen MR) is 61.8 cm³/mol. The molecule has 7 nitrogen and oxygen atoms in total. The van der Waals surface area contributed by atoms with Crippen LogP contribution in [-0.4, -0.2) is 61.7 Å². The fourth-order valence-electron chi connectivity index (χ4n) is 2.09. The molecule has 2 unspecified atom stereocenters. The van der Waals surface area contributed by atoms with Crippen LogP contribution >= 0.6 is 0 Å². The fraction of sp³-hybridized carbons (Fsp3) is 0.364. The maximum absolute atomic E-state index is 12.1. The number of aliphatic hydroxyl groups excluding tert-OH is 2. The summed E-state index contributed by atoms with van der Waals surface area (Å²) in [6, 6.07) is 5.00. The molecule has 1 aromatic heterocycles. The van der Waals surface area contributed by atoms with Crippen LogP contribution in [0.1, 0.15) is 10.4 Å². The van der Waals surface area contributed by atoms with E-state index in [4.69, 9.17) is 0 Å². The summed E-state index contributed by atoms with van der Waals surface area (Å²) in [5.41, 5.74) is 1.77. The lowest BCUT2D eigenvalue weighted by atomic mass is 10.2. The molecule has 2 atom stereocenters. The van der Waals surface area contributed by atoms with Gasteiger partial charge < -0.3 is 15.1 Å². The van der Waals surface area contributed by atoms with Gasteiger partial charge in [0.25, 0.3) is 5.91 Å². The summed E-state index contributed by atoms with van der Waals surface area (Å²) >= 11 is 0. The molecule has 1 aromatic carbocycles. The van der Waals surface area contributed by atoms with Crippen LogP contribution < -0.4 is 0 Å². The summed E-state index contributed by atoms with van der Waals surface area (Å²) in [4.78, 5) is 13.6. The molecule has 1 aliphatic heterocycles. The number of amides is 1. The highest BCUT2D eigenvalue weighted by Crippen LogP contribution is 2.16. The Bertz CT molecular complexity index is 587.